The molecule has 0 aromatic heterocycles. The number of benzene rings is 2. The molecule has 1 saturated heterocycles. The van der Waals surface area contributed by atoms with Gasteiger partial charge >= 0.3 is 11.8 Å². The van der Waals surface area contributed by atoms with Gasteiger partial charge in [-0.15, -0.1) is 0 Å². The first-order valence-corrected chi connectivity index (χ1v) is 10.4. The van der Waals surface area contributed by atoms with Crippen LogP contribution in [0.15, 0.2) is 41.5 Å². The molecule has 2 N–H and O–H groups in total. The maximum absolute atomic E-state index is 12.8. The van der Waals surface area contributed by atoms with Crippen LogP contribution in [0.5, 0.6) is 17.2 Å². The average molecular weight is 470 g/mol. The summed E-state index contributed by atoms with van der Waals surface area (Å²) in [7, 11) is 4.45. The van der Waals surface area contributed by atoms with E-state index >= 15 is 0 Å². The largest absolute Gasteiger partial charge is 0.496 e. The van der Waals surface area contributed by atoms with E-state index in [-0.39, 0.29) is 17.2 Å². The van der Waals surface area contributed by atoms with Crippen molar-refractivity contribution in [2.24, 2.45) is 5.10 Å². The zero-order chi connectivity index (χ0) is 24.5. The number of para-hydroxylation sites is 1. The third-order valence-electron chi connectivity index (χ3n) is 5.02. The van der Waals surface area contributed by atoms with E-state index < -0.39 is 11.8 Å². The van der Waals surface area contributed by atoms with E-state index in [2.05, 4.69) is 15.8 Å². The van der Waals surface area contributed by atoms with Gasteiger partial charge in [0.05, 0.1) is 52.0 Å². The summed E-state index contributed by atoms with van der Waals surface area (Å²) in [5.41, 5.74) is 3.16. The molecule has 0 unspecified atom stereocenters. The van der Waals surface area contributed by atoms with Gasteiger partial charge in [-0.3, -0.25) is 14.4 Å². The SMILES string of the molecule is COc1cc(OC)c(OC)cc1/C=N\NC(=O)C(=O)Nc1ccccc1C(=O)N1CCOCC1. The molecule has 2 aromatic rings. The Kier molecular flexibility index (Phi) is 8.41. The molecule has 0 saturated carbocycles. The number of carbonyl (C=O) groups excluding carboxylic acids is 3. The maximum atomic E-state index is 12.8. The lowest BCUT2D eigenvalue weighted by atomic mass is 10.1. The lowest BCUT2D eigenvalue weighted by Gasteiger charge is -2.27. The molecule has 3 amide bonds. The van der Waals surface area contributed by atoms with Crippen LogP contribution in [0.4, 0.5) is 5.69 Å². The van der Waals surface area contributed by atoms with Gasteiger partial charge in [0, 0.05) is 24.7 Å². The monoisotopic (exact) mass is 470 g/mol. The quantitative estimate of drug-likeness (QED) is 0.354. The van der Waals surface area contributed by atoms with Crippen LogP contribution < -0.4 is 25.0 Å². The third-order valence-corrected chi connectivity index (χ3v) is 5.02. The van der Waals surface area contributed by atoms with E-state index in [9.17, 15) is 14.4 Å². The molecule has 180 valence electrons. The van der Waals surface area contributed by atoms with Crippen LogP contribution in [0.3, 0.4) is 0 Å². The Morgan fingerprint density at radius 1 is 0.941 bits per heavy atom. The minimum atomic E-state index is -1.01. The highest BCUT2D eigenvalue weighted by Gasteiger charge is 2.23. The van der Waals surface area contributed by atoms with Crippen molar-refractivity contribution < 1.29 is 33.3 Å². The summed E-state index contributed by atoms with van der Waals surface area (Å²) < 4.78 is 21.0. The topological polar surface area (TPSA) is 128 Å². The molecule has 0 radical (unpaired) electrons. The molecule has 1 fully saturated rings. The van der Waals surface area contributed by atoms with Gasteiger partial charge in [-0.1, -0.05) is 12.1 Å². The molecule has 11 heteroatoms. The number of ether oxygens (including phenoxy) is 4. The third kappa shape index (κ3) is 5.81. The maximum Gasteiger partial charge on any atom is 0.329 e. The Morgan fingerprint density at radius 3 is 2.26 bits per heavy atom. The Labute approximate surface area is 196 Å². The number of hydrogen-bond acceptors (Lipinski definition) is 8. The van der Waals surface area contributed by atoms with Gasteiger partial charge < -0.3 is 29.2 Å². The molecule has 0 atom stereocenters. The fraction of sp³-hybridized carbons (Fsp3) is 0.304. The molecule has 1 aliphatic heterocycles. The number of hydrazone groups is 1. The minimum absolute atomic E-state index is 0.227. The van der Waals surface area contributed by atoms with E-state index in [0.29, 0.717) is 49.1 Å². The van der Waals surface area contributed by atoms with Crippen LogP contribution in [0.2, 0.25) is 0 Å². The Morgan fingerprint density at radius 2 is 1.59 bits per heavy atom. The summed E-state index contributed by atoms with van der Waals surface area (Å²) in [6.07, 6.45) is 1.31. The van der Waals surface area contributed by atoms with Crippen molar-refractivity contribution in [2.75, 3.05) is 52.9 Å². The summed E-state index contributed by atoms with van der Waals surface area (Å²) in [6, 6.07) is 9.71. The second-order valence-corrected chi connectivity index (χ2v) is 7.05. The average Bonchev–Trinajstić information content (AvgIpc) is 2.88. The number of amides is 3. The number of rotatable bonds is 7. The second-order valence-electron chi connectivity index (χ2n) is 7.05. The molecule has 0 aliphatic carbocycles. The normalized spacial score (nSPS) is 13.3. The van der Waals surface area contributed by atoms with Gasteiger partial charge in [-0.2, -0.15) is 5.10 Å². The number of nitrogens with zero attached hydrogens (tertiary/aromatic N) is 2. The molecule has 0 spiro atoms. The highest BCUT2D eigenvalue weighted by Crippen LogP contribution is 2.33. The van der Waals surface area contributed by atoms with Crippen LogP contribution in [0, 0.1) is 0 Å². The smallest absolute Gasteiger partial charge is 0.329 e. The number of anilines is 1. The van der Waals surface area contributed by atoms with E-state index in [1.54, 1.807) is 41.3 Å². The van der Waals surface area contributed by atoms with E-state index in [4.69, 9.17) is 18.9 Å². The lowest BCUT2D eigenvalue weighted by Crippen LogP contribution is -2.41. The highest BCUT2D eigenvalue weighted by atomic mass is 16.5. The van der Waals surface area contributed by atoms with E-state index in [0.717, 1.165) is 0 Å². The Balaban J connectivity index is 1.67. The summed E-state index contributed by atoms with van der Waals surface area (Å²) >= 11 is 0. The van der Waals surface area contributed by atoms with Crippen molar-refractivity contribution in [1.29, 1.82) is 0 Å². The Hall–Kier alpha value is -4.12. The van der Waals surface area contributed by atoms with Crippen molar-refractivity contribution in [3.05, 3.63) is 47.5 Å². The molecule has 1 aliphatic rings. The molecule has 1 heterocycles. The van der Waals surface area contributed by atoms with Crippen LogP contribution in [0.25, 0.3) is 0 Å². The number of hydrogen-bond donors (Lipinski definition) is 2. The van der Waals surface area contributed by atoms with Crippen molar-refractivity contribution in [3.8, 4) is 17.2 Å². The lowest BCUT2D eigenvalue weighted by molar-refractivity contribution is -0.136. The predicted molar refractivity (Wildman–Crippen MR) is 124 cm³/mol. The Bertz CT molecular complexity index is 1080. The van der Waals surface area contributed by atoms with Crippen molar-refractivity contribution >= 4 is 29.6 Å². The molecule has 34 heavy (non-hydrogen) atoms. The standard InChI is InChI=1S/C23H26N4O7/c1-31-18-13-20(33-3)19(32-2)12-15(18)14-24-26-22(29)21(28)25-17-7-5-4-6-16(17)23(30)27-8-10-34-11-9-27/h4-7,12-14H,8-11H2,1-3H3,(H,25,28)(H,26,29)/b24-14-. The summed E-state index contributed by atoms with van der Waals surface area (Å²) in [4.78, 5) is 39.1. The molecule has 2 aromatic carbocycles. The van der Waals surface area contributed by atoms with E-state index in [1.807, 2.05) is 0 Å². The molecule has 11 nitrogen and oxygen atoms in total. The van der Waals surface area contributed by atoms with E-state index in [1.165, 1.54) is 27.5 Å². The molecular formula is C23H26N4O7. The van der Waals surface area contributed by atoms with Gasteiger partial charge in [-0.25, -0.2) is 5.43 Å². The van der Waals surface area contributed by atoms with Crippen LogP contribution in [0.1, 0.15) is 15.9 Å². The summed E-state index contributed by atoms with van der Waals surface area (Å²) in [5.74, 6) is -0.905. The van der Waals surface area contributed by atoms with Gasteiger partial charge in [-0.05, 0) is 18.2 Å². The summed E-state index contributed by atoms with van der Waals surface area (Å²) in [6.45, 7) is 1.81. The first-order valence-electron chi connectivity index (χ1n) is 10.4. The van der Waals surface area contributed by atoms with Gasteiger partial charge in [0.2, 0.25) is 0 Å². The molecule has 0 bridgehead atoms. The van der Waals surface area contributed by atoms with Crippen molar-refractivity contribution in [3.63, 3.8) is 0 Å². The second kappa shape index (κ2) is 11.7. The number of carbonyl (C=O) groups is 3. The van der Waals surface area contributed by atoms with Crippen molar-refractivity contribution in [1.82, 2.24) is 10.3 Å². The zero-order valence-corrected chi connectivity index (χ0v) is 19.1. The van der Waals surface area contributed by atoms with Crippen molar-refractivity contribution in [2.45, 2.75) is 0 Å². The first-order chi connectivity index (χ1) is 16.5. The number of methoxy groups -OCH3 is 3. The molecule has 3 rings (SSSR count). The van der Waals surface area contributed by atoms with Crippen LogP contribution >= 0.6 is 0 Å². The van der Waals surface area contributed by atoms with Gasteiger partial charge in [0.1, 0.15) is 5.75 Å². The highest BCUT2D eigenvalue weighted by molar-refractivity contribution is 6.40. The molecular weight excluding hydrogens is 444 g/mol. The minimum Gasteiger partial charge on any atom is -0.496 e. The predicted octanol–water partition coefficient (Wildman–Crippen LogP) is 1.27. The fourth-order valence-corrected chi connectivity index (χ4v) is 3.26. The first kappa shape index (κ1) is 24.5. The zero-order valence-electron chi connectivity index (χ0n) is 19.1. The number of morpholine rings is 1. The summed E-state index contributed by atoms with van der Waals surface area (Å²) in [5, 5.41) is 6.29. The fourth-order valence-electron chi connectivity index (χ4n) is 3.26. The van der Waals surface area contributed by atoms with Gasteiger partial charge in [0.25, 0.3) is 5.91 Å². The number of nitrogens with one attached hydrogen (secondary N) is 2. The van der Waals surface area contributed by atoms with Crippen LogP contribution in [-0.2, 0) is 14.3 Å². The van der Waals surface area contributed by atoms with Gasteiger partial charge in [0.15, 0.2) is 11.5 Å². The van der Waals surface area contributed by atoms with Crippen LogP contribution in [-0.4, -0.2) is 76.5 Å².